The summed E-state index contributed by atoms with van der Waals surface area (Å²) in [5.41, 5.74) is 1.74. The standard InChI is InChI=1S/C19H15Cl2F3N2O3/c1-4-26(18(27)19(22,23)24)11-5-9(2)15-14(8-11)25-17(29-15)10-6-12(20)16(28-3)13(21)7-10/h5-8H,4H2,1-3H3. The number of amides is 1. The van der Waals surface area contributed by atoms with Gasteiger partial charge in [0.05, 0.1) is 17.2 Å². The minimum absolute atomic E-state index is 0.0745. The molecule has 29 heavy (non-hydrogen) atoms. The molecular weight excluding hydrogens is 432 g/mol. The van der Waals surface area contributed by atoms with Gasteiger partial charge in [0.1, 0.15) is 5.52 Å². The summed E-state index contributed by atoms with van der Waals surface area (Å²) in [5.74, 6) is -1.47. The van der Waals surface area contributed by atoms with Gasteiger partial charge in [-0.25, -0.2) is 4.98 Å². The van der Waals surface area contributed by atoms with Gasteiger partial charge in [0.15, 0.2) is 11.3 Å². The molecule has 0 aliphatic carbocycles. The molecule has 0 spiro atoms. The first-order valence-corrected chi connectivity index (χ1v) is 9.15. The van der Waals surface area contributed by atoms with E-state index in [1.165, 1.54) is 26.2 Å². The number of fused-ring (bicyclic) bond motifs is 1. The van der Waals surface area contributed by atoms with Crippen LogP contribution in [0.1, 0.15) is 12.5 Å². The molecule has 0 saturated heterocycles. The number of halogens is 5. The molecule has 0 aliphatic heterocycles. The quantitative estimate of drug-likeness (QED) is 0.490. The number of aryl methyl sites for hydroxylation is 1. The molecule has 0 radical (unpaired) electrons. The van der Waals surface area contributed by atoms with Crippen LogP contribution >= 0.6 is 23.2 Å². The summed E-state index contributed by atoms with van der Waals surface area (Å²) in [6.45, 7) is 2.96. The van der Waals surface area contributed by atoms with Gasteiger partial charge in [-0.3, -0.25) is 4.79 Å². The van der Waals surface area contributed by atoms with Crippen LogP contribution < -0.4 is 9.64 Å². The van der Waals surface area contributed by atoms with Crippen LogP contribution in [-0.4, -0.2) is 30.7 Å². The topological polar surface area (TPSA) is 55.6 Å². The predicted octanol–water partition coefficient (Wildman–Crippen LogP) is 6.03. The number of anilines is 1. The van der Waals surface area contributed by atoms with Crippen molar-refractivity contribution < 1.29 is 27.1 Å². The highest BCUT2D eigenvalue weighted by Gasteiger charge is 2.42. The first kappa shape index (κ1) is 21.3. The Bertz CT molecular complexity index is 1070. The first-order valence-electron chi connectivity index (χ1n) is 8.40. The van der Waals surface area contributed by atoms with Crippen molar-refractivity contribution in [1.82, 2.24) is 4.98 Å². The SMILES string of the molecule is CCN(C(=O)C(F)(F)F)c1cc(C)c2oc(-c3cc(Cl)c(OC)c(Cl)c3)nc2c1. The van der Waals surface area contributed by atoms with Crippen LogP contribution in [0.4, 0.5) is 18.9 Å². The molecule has 2 aromatic carbocycles. The molecule has 0 aliphatic rings. The second-order valence-electron chi connectivity index (χ2n) is 6.15. The molecule has 0 unspecified atom stereocenters. The van der Waals surface area contributed by atoms with Crippen molar-refractivity contribution in [1.29, 1.82) is 0 Å². The molecule has 5 nitrogen and oxygen atoms in total. The highest BCUT2D eigenvalue weighted by molar-refractivity contribution is 6.37. The minimum Gasteiger partial charge on any atom is -0.494 e. The summed E-state index contributed by atoms with van der Waals surface area (Å²) in [5, 5.41) is 0.505. The molecular formula is C19H15Cl2F3N2O3. The van der Waals surface area contributed by atoms with Gasteiger partial charge in [-0.2, -0.15) is 13.2 Å². The van der Waals surface area contributed by atoms with Crippen molar-refractivity contribution in [2.75, 3.05) is 18.6 Å². The molecule has 1 amide bonds. The zero-order valence-corrected chi connectivity index (χ0v) is 17.0. The van der Waals surface area contributed by atoms with Gasteiger partial charge in [0, 0.05) is 17.8 Å². The molecule has 1 aromatic heterocycles. The maximum Gasteiger partial charge on any atom is 0.471 e. The zero-order chi connectivity index (χ0) is 21.5. The van der Waals surface area contributed by atoms with Gasteiger partial charge < -0.3 is 14.1 Å². The number of hydrogen-bond acceptors (Lipinski definition) is 4. The summed E-state index contributed by atoms with van der Waals surface area (Å²) in [7, 11) is 1.43. The van der Waals surface area contributed by atoms with E-state index in [2.05, 4.69) is 4.98 Å². The number of aromatic nitrogens is 1. The van der Waals surface area contributed by atoms with Crippen LogP contribution in [0, 0.1) is 6.92 Å². The van der Waals surface area contributed by atoms with Crippen molar-refractivity contribution in [3.05, 3.63) is 39.9 Å². The molecule has 0 N–H and O–H groups in total. The van der Waals surface area contributed by atoms with E-state index in [9.17, 15) is 18.0 Å². The van der Waals surface area contributed by atoms with Crippen LogP contribution in [-0.2, 0) is 4.79 Å². The molecule has 154 valence electrons. The predicted molar refractivity (Wildman–Crippen MR) is 105 cm³/mol. The molecule has 3 aromatic rings. The van der Waals surface area contributed by atoms with E-state index >= 15 is 0 Å². The molecule has 3 rings (SSSR count). The fourth-order valence-electron chi connectivity index (χ4n) is 2.94. The van der Waals surface area contributed by atoms with Crippen LogP contribution in [0.5, 0.6) is 5.75 Å². The van der Waals surface area contributed by atoms with Crippen molar-refractivity contribution in [2.45, 2.75) is 20.0 Å². The smallest absolute Gasteiger partial charge is 0.471 e. The zero-order valence-electron chi connectivity index (χ0n) is 15.5. The molecule has 1 heterocycles. The van der Waals surface area contributed by atoms with Gasteiger partial charge in [0.2, 0.25) is 5.89 Å². The monoisotopic (exact) mass is 446 g/mol. The van der Waals surface area contributed by atoms with E-state index in [0.29, 0.717) is 32.9 Å². The molecule has 10 heteroatoms. The molecule has 0 atom stereocenters. The first-order chi connectivity index (χ1) is 13.6. The van der Waals surface area contributed by atoms with Crippen LogP contribution in [0.25, 0.3) is 22.6 Å². The van der Waals surface area contributed by atoms with Gasteiger partial charge in [0.25, 0.3) is 0 Å². The Morgan fingerprint density at radius 1 is 1.21 bits per heavy atom. The number of oxazole rings is 1. The Labute approximate surface area is 174 Å². The average molecular weight is 447 g/mol. The fourth-order valence-corrected chi connectivity index (χ4v) is 3.58. The Hall–Kier alpha value is -2.45. The maximum absolute atomic E-state index is 12.9. The van der Waals surface area contributed by atoms with Crippen molar-refractivity contribution in [3.63, 3.8) is 0 Å². The van der Waals surface area contributed by atoms with E-state index in [4.69, 9.17) is 32.4 Å². The van der Waals surface area contributed by atoms with E-state index in [1.807, 2.05) is 0 Å². The number of hydrogen-bond donors (Lipinski definition) is 0. The normalized spacial score (nSPS) is 11.7. The lowest BCUT2D eigenvalue weighted by Crippen LogP contribution is -2.41. The third-order valence-electron chi connectivity index (χ3n) is 4.23. The lowest BCUT2D eigenvalue weighted by Gasteiger charge is -2.22. The second kappa shape index (κ2) is 7.76. The number of benzene rings is 2. The minimum atomic E-state index is -4.98. The van der Waals surface area contributed by atoms with Crippen LogP contribution in [0.15, 0.2) is 28.7 Å². The number of rotatable bonds is 4. The molecule has 0 bridgehead atoms. The van der Waals surface area contributed by atoms with Gasteiger partial charge in [-0.15, -0.1) is 0 Å². The summed E-state index contributed by atoms with van der Waals surface area (Å²) >= 11 is 12.3. The molecule has 0 saturated carbocycles. The number of methoxy groups -OCH3 is 1. The maximum atomic E-state index is 12.9. The average Bonchev–Trinajstić information content (AvgIpc) is 3.06. The van der Waals surface area contributed by atoms with E-state index in [0.717, 1.165) is 0 Å². The summed E-state index contributed by atoms with van der Waals surface area (Å²) in [6, 6.07) is 5.92. The van der Waals surface area contributed by atoms with Gasteiger partial charge >= 0.3 is 12.1 Å². The highest BCUT2D eigenvalue weighted by Crippen LogP contribution is 2.38. The fraction of sp³-hybridized carbons (Fsp3) is 0.263. The Morgan fingerprint density at radius 3 is 2.34 bits per heavy atom. The van der Waals surface area contributed by atoms with E-state index in [-0.39, 0.29) is 28.2 Å². The number of carbonyl (C=O) groups is 1. The number of nitrogens with zero attached hydrogens (tertiary/aromatic N) is 2. The lowest BCUT2D eigenvalue weighted by molar-refractivity contribution is -0.170. The van der Waals surface area contributed by atoms with Gasteiger partial charge in [-0.05, 0) is 43.7 Å². The Morgan fingerprint density at radius 2 is 1.83 bits per heavy atom. The van der Waals surface area contributed by atoms with E-state index < -0.39 is 12.1 Å². The van der Waals surface area contributed by atoms with Crippen molar-refractivity contribution in [3.8, 4) is 17.2 Å². The van der Waals surface area contributed by atoms with Crippen molar-refractivity contribution in [2.24, 2.45) is 0 Å². The summed E-state index contributed by atoms with van der Waals surface area (Å²) < 4.78 is 49.5. The van der Waals surface area contributed by atoms with Crippen molar-refractivity contribution >= 4 is 45.9 Å². The van der Waals surface area contributed by atoms with Crippen LogP contribution in [0.2, 0.25) is 10.0 Å². The number of ether oxygens (including phenoxy) is 1. The van der Waals surface area contributed by atoms with Gasteiger partial charge in [-0.1, -0.05) is 23.2 Å². The lowest BCUT2D eigenvalue weighted by atomic mass is 10.1. The Kier molecular flexibility index (Phi) is 5.69. The highest BCUT2D eigenvalue weighted by atomic mass is 35.5. The second-order valence-corrected chi connectivity index (χ2v) is 6.96. The Balaban J connectivity index is 2.10. The number of alkyl halides is 3. The third-order valence-corrected chi connectivity index (χ3v) is 4.79. The van der Waals surface area contributed by atoms with E-state index in [1.54, 1.807) is 19.1 Å². The third kappa shape index (κ3) is 4.00. The number of carbonyl (C=O) groups excluding carboxylic acids is 1. The molecule has 0 fully saturated rings. The van der Waals surface area contributed by atoms with Crippen LogP contribution in [0.3, 0.4) is 0 Å². The summed E-state index contributed by atoms with van der Waals surface area (Å²) in [4.78, 5) is 16.7. The summed E-state index contributed by atoms with van der Waals surface area (Å²) in [6.07, 6.45) is -4.98. The largest absolute Gasteiger partial charge is 0.494 e.